The van der Waals surface area contributed by atoms with Crippen LogP contribution in [0.2, 0.25) is 0 Å². The zero-order valence-corrected chi connectivity index (χ0v) is 7.04. The maximum atomic E-state index is 12.5. The van der Waals surface area contributed by atoms with Gasteiger partial charge in [-0.2, -0.15) is 0 Å². The van der Waals surface area contributed by atoms with E-state index in [2.05, 4.69) is 0 Å². The summed E-state index contributed by atoms with van der Waals surface area (Å²) in [7, 11) is 0. The molecule has 2 nitrogen and oxygen atoms in total. The Balaban J connectivity index is 2.72. The fraction of sp³-hybridized carbons (Fsp3) is 0.100. The standard InChI is InChI=1S/C10H6F2O2/c11-10(12)7-2-1-3-9-8(7)4-6(5-13)14-9/h1-5,10H. The lowest BCUT2D eigenvalue weighted by atomic mass is 10.1. The van der Waals surface area contributed by atoms with Crippen molar-refractivity contribution in [2.45, 2.75) is 6.43 Å². The van der Waals surface area contributed by atoms with Crippen LogP contribution in [0.3, 0.4) is 0 Å². The van der Waals surface area contributed by atoms with Crippen LogP contribution in [0.5, 0.6) is 0 Å². The first-order chi connectivity index (χ1) is 6.72. The van der Waals surface area contributed by atoms with E-state index in [1.807, 2.05) is 0 Å². The number of hydrogen-bond acceptors (Lipinski definition) is 2. The Kier molecular flexibility index (Phi) is 2.04. The second-order valence-electron chi connectivity index (χ2n) is 2.83. The normalized spacial score (nSPS) is 11.1. The van der Waals surface area contributed by atoms with Crippen molar-refractivity contribution >= 4 is 17.3 Å². The molecule has 0 saturated carbocycles. The molecule has 0 aliphatic heterocycles. The van der Waals surface area contributed by atoms with Crippen LogP contribution in [0, 0.1) is 0 Å². The highest BCUT2D eigenvalue weighted by Crippen LogP contribution is 2.29. The number of carbonyl (C=O) groups is 1. The van der Waals surface area contributed by atoms with Crippen LogP contribution in [0.25, 0.3) is 11.0 Å². The third kappa shape index (κ3) is 1.28. The van der Waals surface area contributed by atoms with Gasteiger partial charge in [0.05, 0.1) is 0 Å². The largest absolute Gasteiger partial charge is 0.453 e. The highest BCUT2D eigenvalue weighted by Gasteiger charge is 2.13. The molecule has 2 aromatic rings. The quantitative estimate of drug-likeness (QED) is 0.690. The molecule has 14 heavy (non-hydrogen) atoms. The van der Waals surface area contributed by atoms with Crippen LogP contribution in [-0.4, -0.2) is 6.29 Å². The van der Waals surface area contributed by atoms with Gasteiger partial charge in [0, 0.05) is 10.9 Å². The van der Waals surface area contributed by atoms with E-state index in [1.165, 1.54) is 18.2 Å². The molecule has 0 aliphatic carbocycles. The zero-order chi connectivity index (χ0) is 10.1. The molecule has 1 aromatic carbocycles. The van der Waals surface area contributed by atoms with E-state index in [4.69, 9.17) is 4.42 Å². The lowest BCUT2D eigenvalue weighted by molar-refractivity contribution is 0.110. The topological polar surface area (TPSA) is 30.2 Å². The smallest absolute Gasteiger partial charge is 0.264 e. The number of fused-ring (bicyclic) bond motifs is 1. The van der Waals surface area contributed by atoms with E-state index in [-0.39, 0.29) is 11.3 Å². The molecule has 0 unspecified atom stereocenters. The van der Waals surface area contributed by atoms with Gasteiger partial charge in [0.15, 0.2) is 12.0 Å². The number of benzene rings is 1. The van der Waals surface area contributed by atoms with Crippen LogP contribution in [-0.2, 0) is 0 Å². The van der Waals surface area contributed by atoms with Gasteiger partial charge in [0.1, 0.15) is 5.58 Å². The Labute approximate surface area is 78.1 Å². The minimum atomic E-state index is -2.56. The Bertz CT molecular complexity index is 474. The van der Waals surface area contributed by atoms with Gasteiger partial charge in [0.2, 0.25) is 0 Å². The highest BCUT2D eigenvalue weighted by atomic mass is 19.3. The first-order valence-electron chi connectivity index (χ1n) is 3.98. The summed E-state index contributed by atoms with van der Waals surface area (Å²) in [5.41, 5.74) is 0.198. The van der Waals surface area contributed by atoms with Gasteiger partial charge < -0.3 is 4.42 Å². The van der Waals surface area contributed by atoms with Gasteiger partial charge >= 0.3 is 0 Å². The summed E-state index contributed by atoms with van der Waals surface area (Å²) in [6, 6.07) is 5.66. The number of halogens is 2. The van der Waals surface area contributed by atoms with Crippen molar-refractivity contribution in [2.75, 3.05) is 0 Å². The Hall–Kier alpha value is -1.71. The van der Waals surface area contributed by atoms with Crippen molar-refractivity contribution in [3.8, 4) is 0 Å². The average molecular weight is 196 g/mol. The predicted octanol–water partition coefficient (Wildman–Crippen LogP) is 3.18. The molecule has 0 amide bonds. The number of furan rings is 1. The van der Waals surface area contributed by atoms with Crippen molar-refractivity contribution in [2.24, 2.45) is 0 Å². The first kappa shape index (κ1) is 8.87. The molecule has 1 aromatic heterocycles. The number of hydrogen-bond donors (Lipinski definition) is 0. The third-order valence-corrected chi connectivity index (χ3v) is 1.97. The molecule has 0 radical (unpaired) electrons. The molecule has 0 bridgehead atoms. The van der Waals surface area contributed by atoms with Crippen molar-refractivity contribution in [3.05, 3.63) is 35.6 Å². The monoisotopic (exact) mass is 196 g/mol. The van der Waals surface area contributed by atoms with Crippen LogP contribution in [0.15, 0.2) is 28.7 Å². The first-order valence-corrected chi connectivity index (χ1v) is 3.98. The van der Waals surface area contributed by atoms with Gasteiger partial charge in [-0.1, -0.05) is 12.1 Å². The summed E-state index contributed by atoms with van der Waals surface area (Å²) in [6.45, 7) is 0. The Morgan fingerprint density at radius 3 is 2.79 bits per heavy atom. The number of alkyl halides is 2. The summed E-state index contributed by atoms with van der Waals surface area (Å²) >= 11 is 0. The van der Waals surface area contributed by atoms with Gasteiger partial charge in [-0.15, -0.1) is 0 Å². The van der Waals surface area contributed by atoms with Gasteiger partial charge in [-0.25, -0.2) is 8.78 Å². The lowest BCUT2D eigenvalue weighted by Gasteiger charge is -1.98. The van der Waals surface area contributed by atoms with E-state index in [9.17, 15) is 13.6 Å². The molecule has 0 spiro atoms. The summed E-state index contributed by atoms with van der Waals surface area (Å²) < 4.78 is 30.0. The van der Waals surface area contributed by atoms with Crippen molar-refractivity contribution < 1.29 is 18.0 Å². The number of rotatable bonds is 2. The average Bonchev–Trinajstić information content (AvgIpc) is 2.59. The SMILES string of the molecule is O=Cc1cc2c(C(F)F)cccc2o1. The van der Waals surface area contributed by atoms with E-state index < -0.39 is 6.43 Å². The molecule has 0 atom stereocenters. The molecule has 0 fully saturated rings. The van der Waals surface area contributed by atoms with Crippen LogP contribution >= 0.6 is 0 Å². The molecular formula is C10H6F2O2. The predicted molar refractivity (Wildman–Crippen MR) is 46.6 cm³/mol. The zero-order valence-electron chi connectivity index (χ0n) is 7.04. The second-order valence-corrected chi connectivity index (χ2v) is 2.83. The van der Waals surface area contributed by atoms with E-state index in [0.29, 0.717) is 17.3 Å². The van der Waals surface area contributed by atoms with Crippen molar-refractivity contribution in [1.29, 1.82) is 0 Å². The second kappa shape index (κ2) is 3.21. The van der Waals surface area contributed by atoms with Crippen LogP contribution in [0.1, 0.15) is 22.5 Å². The van der Waals surface area contributed by atoms with Gasteiger partial charge in [-0.05, 0) is 12.1 Å². The molecule has 4 heteroatoms. The van der Waals surface area contributed by atoms with E-state index in [1.54, 1.807) is 6.07 Å². The Morgan fingerprint density at radius 1 is 1.36 bits per heavy atom. The van der Waals surface area contributed by atoms with Crippen molar-refractivity contribution in [3.63, 3.8) is 0 Å². The molecular weight excluding hydrogens is 190 g/mol. The maximum absolute atomic E-state index is 12.5. The van der Waals surface area contributed by atoms with E-state index in [0.717, 1.165) is 0 Å². The van der Waals surface area contributed by atoms with Crippen LogP contribution in [0.4, 0.5) is 8.78 Å². The lowest BCUT2D eigenvalue weighted by Crippen LogP contribution is -1.83. The number of aldehydes is 1. The minimum Gasteiger partial charge on any atom is -0.453 e. The molecule has 1 heterocycles. The van der Waals surface area contributed by atoms with Crippen LogP contribution < -0.4 is 0 Å². The maximum Gasteiger partial charge on any atom is 0.264 e. The molecule has 0 saturated heterocycles. The van der Waals surface area contributed by atoms with Gasteiger partial charge in [0.25, 0.3) is 6.43 Å². The summed E-state index contributed by atoms with van der Waals surface area (Å²) in [4.78, 5) is 10.4. The molecule has 72 valence electrons. The summed E-state index contributed by atoms with van der Waals surface area (Å²) in [5, 5.41) is 0.296. The molecule has 0 N–H and O–H groups in total. The molecule has 2 rings (SSSR count). The van der Waals surface area contributed by atoms with E-state index >= 15 is 0 Å². The van der Waals surface area contributed by atoms with Gasteiger partial charge in [-0.3, -0.25) is 4.79 Å². The summed E-state index contributed by atoms with van der Waals surface area (Å²) in [6.07, 6.45) is -2.06. The van der Waals surface area contributed by atoms with Crippen molar-refractivity contribution in [1.82, 2.24) is 0 Å². The third-order valence-electron chi connectivity index (χ3n) is 1.97. The molecule has 0 aliphatic rings. The fourth-order valence-electron chi connectivity index (χ4n) is 1.35. The fourth-order valence-corrected chi connectivity index (χ4v) is 1.35. The summed E-state index contributed by atoms with van der Waals surface area (Å²) in [5.74, 6) is 0.0631. The Morgan fingerprint density at radius 2 is 2.14 bits per heavy atom. The highest BCUT2D eigenvalue weighted by molar-refractivity contribution is 5.87. The minimum absolute atomic E-state index is 0.0631. The number of carbonyl (C=O) groups excluding carboxylic acids is 1.